The van der Waals surface area contributed by atoms with E-state index < -0.39 is 0 Å². The number of rotatable bonds is 4. The highest BCUT2D eigenvalue weighted by Gasteiger charge is 2.24. The largest absolute Gasteiger partial charge is 0.341 e. The van der Waals surface area contributed by atoms with Crippen molar-refractivity contribution in [3.63, 3.8) is 0 Å². The lowest BCUT2D eigenvalue weighted by Gasteiger charge is -2.31. The molecular weight excluding hydrogens is 370 g/mol. The predicted octanol–water partition coefficient (Wildman–Crippen LogP) is 3.49. The van der Waals surface area contributed by atoms with Crippen LogP contribution in [0.2, 0.25) is 0 Å². The number of hydrogen-bond acceptors (Lipinski definition) is 4. The number of aromatic nitrogens is 2. The number of carbonyl (C=O) groups excluding carboxylic acids is 1. The van der Waals surface area contributed by atoms with Crippen LogP contribution in [0.1, 0.15) is 18.4 Å². The minimum atomic E-state index is -0.212. The molecule has 0 bridgehead atoms. The first-order valence-corrected chi connectivity index (χ1v) is 10.4. The molecule has 144 valence electrons. The van der Waals surface area contributed by atoms with Crippen LogP contribution in [0.25, 0.3) is 10.8 Å². The van der Waals surface area contributed by atoms with Crippen LogP contribution >= 0.6 is 11.8 Å². The van der Waals surface area contributed by atoms with Crippen LogP contribution in [-0.4, -0.2) is 38.9 Å². The first kappa shape index (κ1) is 18.7. The zero-order valence-corrected chi connectivity index (χ0v) is 16.7. The summed E-state index contributed by atoms with van der Waals surface area (Å²) in [5.41, 5.74) is 1.05. The van der Waals surface area contributed by atoms with Gasteiger partial charge in [-0.25, -0.2) is 4.68 Å². The van der Waals surface area contributed by atoms with E-state index in [1.807, 2.05) is 34.9 Å². The maximum Gasteiger partial charge on any atom is 0.275 e. The highest BCUT2D eigenvalue weighted by Crippen LogP contribution is 2.30. The molecule has 1 fully saturated rings. The van der Waals surface area contributed by atoms with Gasteiger partial charge in [-0.05, 0) is 38.0 Å². The Kier molecular flexibility index (Phi) is 5.48. The van der Waals surface area contributed by atoms with Gasteiger partial charge >= 0.3 is 0 Å². The smallest absolute Gasteiger partial charge is 0.275 e. The standard InChI is InChI=1S/C22H23N3O2S/c1-16-6-8-18(9-7-16)28-19-10-12-24(13-11-19)21(26)15-25-22(27)20-5-3-2-4-17(20)14-23-25/h2-9,14,19H,10-13,15H2,1H3. The average Bonchev–Trinajstić information content (AvgIpc) is 2.72. The zero-order chi connectivity index (χ0) is 19.5. The third kappa shape index (κ3) is 4.12. The summed E-state index contributed by atoms with van der Waals surface area (Å²) in [5, 5.41) is 6.09. The van der Waals surface area contributed by atoms with Crippen molar-refractivity contribution in [2.45, 2.75) is 36.5 Å². The van der Waals surface area contributed by atoms with Gasteiger partial charge in [-0.1, -0.05) is 35.9 Å². The molecule has 0 N–H and O–H groups in total. The second-order valence-corrected chi connectivity index (χ2v) is 8.58. The van der Waals surface area contributed by atoms with Gasteiger partial charge in [-0.2, -0.15) is 5.10 Å². The Hall–Kier alpha value is -2.60. The molecule has 28 heavy (non-hydrogen) atoms. The van der Waals surface area contributed by atoms with E-state index >= 15 is 0 Å². The van der Waals surface area contributed by atoms with Gasteiger partial charge in [0.25, 0.3) is 5.56 Å². The Balaban J connectivity index is 1.36. The Morgan fingerprint density at radius 1 is 1.11 bits per heavy atom. The predicted molar refractivity (Wildman–Crippen MR) is 113 cm³/mol. The molecule has 1 aliphatic heterocycles. The van der Waals surface area contributed by atoms with Crippen LogP contribution in [0.4, 0.5) is 0 Å². The Morgan fingerprint density at radius 3 is 2.57 bits per heavy atom. The Bertz CT molecular complexity index is 1040. The maximum absolute atomic E-state index is 12.7. The number of carbonyl (C=O) groups is 1. The molecule has 0 atom stereocenters. The van der Waals surface area contributed by atoms with Crippen molar-refractivity contribution < 1.29 is 4.79 Å². The van der Waals surface area contributed by atoms with Crippen molar-refractivity contribution >= 4 is 28.4 Å². The Morgan fingerprint density at radius 2 is 1.82 bits per heavy atom. The minimum absolute atomic E-state index is 0.000556. The van der Waals surface area contributed by atoms with Gasteiger partial charge in [0.2, 0.25) is 5.91 Å². The summed E-state index contributed by atoms with van der Waals surface area (Å²) < 4.78 is 1.28. The molecule has 0 saturated carbocycles. The molecule has 0 spiro atoms. The molecule has 1 saturated heterocycles. The van der Waals surface area contributed by atoms with Crippen molar-refractivity contribution in [1.82, 2.24) is 14.7 Å². The van der Waals surface area contributed by atoms with Crippen LogP contribution in [-0.2, 0) is 11.3 Å². The van der Waals surface area contributed by atoms with E-state index in [1.165, 1.54) is 15.1 Å². The van der Waals surface area contributed by atoms with Gasteiger partial charge in [-0.3, -0.25) is 9.59 Å². The van der Waals surface area contributed by atoms with E-state index in [2.05, 4.69) is 36.3 Å². The Labute approximate surface area is 168 Å². The van der Waals surface area contributed by atoms with Crippen molar-refractivity contribution in [3.8, 4) is 0 Å². The molecule has 1 aromatic heterocycles. The molecule has 0 aliphatic carbocycles. The highest BCUT2D eigenvalue weighted by atomic mass is 32.2. The number of amides is 1. The molecule has 0 unspecified atom stereocenters. The van der Waals surface area contributed by atoms with Crippen LogP contribution in [0, 0.1) is 6.92 Å². The quantitative estimate of drug-likeness (QED) is 0.681. The van der Waals surface area contributed by atoms with E-state index in [1.54, 1.807) is 12.3 Å². The van der Waals surface area contributed by atoms with Crippen molar-refractivity contribution in [1.29, 1.82) is 0 Å². The number of nitrogens with zero attached hydrogens (tertiary/aromatic N) is 3. The molecule has 5 nitrogen and oxygen atoms in total. The number of fused-ring (bicyclic) bond motifs is 1. The second-order valence-electron chi connectivity index (χ2n) is 7.21. The lowest BCUT2D eigenvalue weighted by Crippen LogP contribution is -2.42. The molecule has 2 aromatic carbocycles. The van der Waals surface area contributed by atoms with E-state index in [0.717, 1.165) is 31.3 Å². The van der Waals surface area contributed by atoms with Gasteiger partial charge < -0.3 is 4.90 Å². The summed E-state index contributed by atoms with van der Waals surface area (Å²) in [6.45, 7) is 3.54. The topological polar surface area (TPSA) is 55.2 Å². The van der Waals surface area contributed by atoms with Crippen LogP contribution < -0.4 is 5.56 Å². The zero-order valence-electron chi connectivity index (χ0n) is 15.9. The maximum atomic E-state index is 12.7. The van der Waals surface area contributed by atoms with Crippen LogP contribution in [0.3, 0.4) is 0 Å². The first-order valence-electron chi connectivity index (χ1n) is 9.56. The molecule has 0 radical (unpaired) electrons. The summed E-state index contributed by atoms with van der Waals surface area (Å²) in [6, 6.07) is 15.9. The molecule has 1 aliphatic rings. The summed E-state index contributed by atoms with van der Waals surface area (Å²) in [6.07, 6.45) is 3.57. The van der Waals surface area contributed by atoms with E-state index in [9.17, 15) is 9.59 Å². The number of likely N-dealkylation sites (tertiary alicyclic amines) is 1. The summed E-state index contributed by atoms with van der Waals surface area (Å²) in [7, 11) is 0. The monoisotopic (exact) mass is 393 g/mol. The number of thioether (sulfide) groups is 1. The van der Waals surface area contributed by atoms with Crippen LogP contribution in [0.5, 0.6) is 0 Å². The van der Waals surface area contributed by atoms with Gasteiger partial charge in [-0.15, -0.1) is 11.8 Å². The second kappa shape index (κ2) is 8.19. The average molecular weight is 394 g/mol. The molecule has 2 heterocycles. The highest BCUT2D eigenvalue weighted by molar-refractivity contribution is 8.00. The molecule has 4 rings (SSSR count). The van der Waals surface area contributed by atoms with Crippen LogP contribution in [0.15, 0.2) is 64.4 Å². The molecule has 3 aromatic rings. The van der Waals surface area contributed by atoms with Gasteiger partial charge in [0.1, 0.15) is 6.54 Å². The summed E-state index contributed by atoms with van der Waals surface area (Å²) in [4.78, 5) is 28.4. The lowest BCUT2D eigenvalue weighted by molar-refractivity contribution is -0.132. The molecule has 6 heteroatoms. The van der Waals surface area contributed by atoms with Crippen molar-refractivity contribution in [2.75, 3.05) is 13.1 Å². The number of aryl methyl sites for hydroxylation is 1. The van der Waals surface area contributed by atoms with Gasteiger partial charge in [0.05, 0.1) is 11.6 Å². The van der Waals surface area contributed by atoms with E-state index in [4.69, 9.17) is 0 Å². The van der Waals surface area contributed by atoms with E-state index in [0.29, 0.717) is 10.6 Å². The van der Waals surface area contributed by atoms with Crippen molar-refractivity contribution in [3.05, 3.63) is 70.6 Å². The number of benzene rings is 2. The van der Waals surface area contributed by atoms with E-state index in [-0.39, 0.29) is 18.0 Å². The molecule has 1 amide bonds. The van der Waals surface area contributed by atoms with Gasteiger partial charge in [0, 0.05) is 28.6 Å². The first-order chi connectivity index (χ1) is 13.6. The SMILES string of the molecule is Cc1ccc(SC2CCN(C(=O)Cn3ncc4ccccc4c3=O)CC2)cc1. The van der Waals surface area contributed by atoms with Gasteiger partial charge in [0.15, 0.2) is 0 Å². The van der Waals surface area contributed by atoms with Crippen molar-refractivity contribution in [2.24, 2.45) is 0 Å². The third-order valence-corrected chi connectivity index (χ3v) is 6.51. The number of hydrogen-bond donors (Lipinski definition) is 0. The fraction of sp³-hybridized carbons (Fsp3) is 0.318. The summed E-state index contributed by atoms with van der Waals surface area (Å²) >= 11 is 1.89. The fourth-order valence-corrected chi connectivity index (χ4v) is 4.63. The third-order valence-electron chi connectivity index (χ3n) is 5.17. The fourth-order valence-electron chi connectivity index (χ4n) is 3.50. The minimum Gasteiger partial charge on any atom is -0.341 e. The summed E-state index contributed by atoms with van der Waals surface area (Å²) in [5.74, 6) is -0.0383. The lowest BCUT2D eigenvalue weighted by atomic mass is 10.1. The normalized spacial score (nSPS) is 15.1. The number of piperidine rings is 1. The molecular formula is C22H23N3O2S.